The first-order valence-electron chi connectivity index (χ1n) is 6.52. The van der Waals surface area contributed by atoms with E-state index in [1.807, 2.05) is 11.9 Å². The molecule has 1 heterocycles. The third-order valence-electron chi connectivity index (χ3n) is 3.74. The monoisotopic (exact) mass is 297 g/mol. The largest absolute Gasteiger partial charge is 0.508 e. The average molecular weight is 297 g/mol. The van der Waals surface area contributed by atoms with Crippen LogP contribution in [0.1, 0.15) is 29.3 Å². The van der Waals surface area contributed by atoms with Crippen molar-refractivity contribution in [2.75, 3.05) is 18.6 Å². The molecular weight excluding hydrogens is 278 g/mol. The highest BCUT2D eigenvalue weighted by molar-refractivity contribution is 7.91. The topological polar surface area (TPSA) is 74.7 Å². The Morgan fingerprint density at radius 3 is 2.70 bits per heavy atom. The Bertz CT molecular complexity index is 624. The molecule has 5 nitrogen and oxygen atoms in total. The van der Waals surface area contributed by atoms with Crippen LogP contribution < -0.4 is 0 Å². The minimum Gasteiger partial charge on any atom is -0.508 e. The number of hydrogen-bond acceptors (Lipinski definition) is 5. The summed E-state index contributed by atoms with van der Waals surface area (Å²) in [5.74, 6) is 0.457. The van der Waals surface area contributed by atoms with Gasteiger partial charge < -0.3 is 5.11 Å². The van der Waals surface area contributed by atoms with E-state index in [4.69, 9.17) is 0 Å². The zero-order chi connectivity index (χ0) is 14.9. The number of phenolic OH excluding ortho intramolecular Hbond substituents is 1. The molecule has 110 valence electrons. The summed E-state index contributed by atoms with van der Waals surface area (Å²) in [5, 5.41) is 9.85. The lowest BCUT2D eigenvalue weighted by atomic mass is 10.1. The number of nitrogens with zero attached hydrogens (tertiary/aromatic N) is 1. The maximum Gasteiger partial charge on any atom is 0.159 e. The molecule has 1 aromatic carbocycles. The van der Waals surface area contributed by atoms with E-state index in [2.05, 4.69) is 0 Å². The first-order chi connectivity index (χ1) is 9.28. The summed E-state index contributed by atoms with van der Waals surface area (Å²) in [6.07, 6.45) is 0.617. The molecule has 1 N–H and O–H groups in total. The molecule has 6 heteroatoms. The number of carbonyl (C=O) groups is 1. The van der Waals surface area contributed by atoms with Crippen LogP contribution in [-0.4, -0.2) is 48.8 Å². The molecule has 0 spiro atoms. The van der Waals surface area contributed by atoms with Gasteiger partial charge in [-0.2, -0.15) is 0 Å². The standard InChI is InChI=1S/C14H19NO4S/c1-10(16)11-3-4-14(17)12(7-11)8-15(2)13-5-6-20(18,19)9-13/h3-4,7,13,17H,5-6,8-9H2,1-2H3. The Labute approximate surface area is 119 Å². The second-order valence-corrected chi connectivity index (χ2v) is 7.60. The van der Waals surface area contributed by atoms with Gasteiger partial charge in [0.2, 0.25) is 0 Å². The van der Waals surface area contributed by atoms with Crippen molar-refractivity contribution in [3.05, 3.63) is 29.3 Å². The summed E-state index contributed by atoms with van der Waals surface area (Å²) in [7, 11) is -1.08. The molecule has 1 aromatic rings. The van der Waals surface area contributed by atoms with E-state index >= 15 is 0 Å². The van der Waals surface area contributed by atoms with Gasteiger partial charge in [-0.25, -0.2) is 8.42 Å². The van der Waals surface area contributed by atoms with Gasteiger partial charge in [0.05, 0.1) is 11.5 Å². The SMILES string of the molecule is CC(=O)c1ccc(O)c(CN(C)C2CCS(=O)(=O)C2)c1. The average Bonchev–Trinajstić information content (AvgIpc) is 2.72. The number of ketones is 1. The Hall–Kier alpha value is -1.40. The molecular formula is C14H19NO4S. The lowest BCUT2D eigenvalue weighted by Gasteiger charge is -2.23. The van der Waals surface area contributed by atoms with Gasteiger partial charge in [-0.05, 0) is 38.6 Å². The van der Waals surface area contributed by atoms with E-state index in [9.17, 15) is 18.3 Å². The van der Waals surface area contributed by atoms with Crippen LogP contribution in [-0.2, 0) is 16.4 Å². The highest BCUT2D eigenvalue weighted by atomic mass is 32.2. The number of hydrogen-bond donors (Lipinski definition) is 1. The van der Waals surface area contributed by atoms with Crippen molar-refractivity contribution in [1.29, 1.82) is 0 Å². The van der Waals surface area contributed by atoms with Gasteiger partial charge in [0.25, 0.3) is 0 Å². The number of sulfone groups is 1. The van der Waals surface area contributed by atoms with Crippen LogP contribution in [0.25, 0.3) is 0 Å². The van der Waals surface area contributed by atoms with Crippen LogP contribution in [0.3, 0.4) is 0 Å². The second-order valence-electron chi connectivity index (χ2n) is 5.37. The summed E-state index contributed by atoms with van der Waals surface area (Å²) in [4.78, 5) is 13.3. The van der Waals surface area contributed by atoms with E-state index in [0.29, 0.717) is 24.1 Å². The highest BCUT2D eigenvalue weighted by Crippen LogP contribution is 2.23. The van der Waals surface area contributed by atoms with Gasteiger partial charge in [0.1, 0.15) is 5.75 Å². The molecule has 1 aliphatic rings. The van der Waals surface area contributed by atoms with Gasteiger partial charge >= 0.3 is 0 Å². The van der Waals surface area contributed by atoms with Crippen LogP contribution in [0.15, 0.2) is 18.2 Å². The minimum atomic E-state index is -2.92. The van der Waals surface area contributed by atoms with E-state index in [1.165, 1.54) is 13.0 Å². The molecule has 0 radical (unpaired) electrons. The van der Waals surface area contributed by atoms with Crippen molar-refractivity contribution in [1.82, 2.24) is 4.90 Å². The number of phenols is 1. The fourth-order valence-corrected chi connectivity index (χ4v) is 4.26. The maximum absolute atomic E-state index is 11.5. The lowest BCUT2D eigenvalue weighted by Crippen LogP contribution is -2.32. The molecule has 1 fully saturated rings. The second kappa shape index (κ2) is 5.54. The van der Waals surface area contributed by atoms with Crippen molar-refractivity contribution in [2.45, 2.75) is 25.9 Å². The van der Waals surface area contributed by atoms with Crippen LogP contribution in [0.4, 0.5) is 0 Å². The van der Waals surface area contributed by atoms with E-state index in [-0.39, 0.29) is 29.1 Å². The van der Waals surface area contributed by atoms with Gasteiger partial charge in [0, 0.05) is 23.7 Å². The van der Waals surface area contributed by atoms with Crippen LogP contribution in [0.2, 0.25) is 0 Å². The summed E-state index contributed by atoms with van der Waals surface area (Å²) < 4.78 is 23.0. The van der Waals surface area contributed by atoms with Crippen LogP contribution in [0, 0.1) is 0 Å². The molecule has 0 bridgehead atoms. The molecule has 1 unspecified atom stereocenters. The Morgan fingerprint density at radius 2 is 2.15 bits per heavy atom. The number of Topliss-reactive ketones (excluding diaryl/α,β-unsaturated/α-hetero) is 1. The third kappa shape index (κ3) is 3.37. The third-order valence-corrected chi connectivity index (χ3v) is 5.49. The highest BCUT2D eigenvalue weighted by Gasteiger charge is 2.30. The predicted molar refractivity (Wildman–Crippen MR) is 76.6 cm³/mol. The van der Waals surface area contributed by atoms with Gasteiger partial charge in [-0.3, -0.25) is 9.69 Å². The Morgan fingerprint density at radius 1 is 1.45 bits per heavy atom. The zero-order valence-corrected chi connectivity index (χ0v) is 12.5. The predicted octanol–water partition coefficient (Wildman–Crippen LogP) is 1.21. The maximum atomic E-state index is 11.5. The molecule has 1 atom stereocenters. The van der Waals surface area contributed by atoms with Crippen molar-refractivity contribution in [2.24, 2.45) is 0 Å². The van der Waals surface area contributed by atoms with Crippen LogP contribution >= 0.6 is 0 Å². The minimum absolute atomic E-state index is 0.0274. The molecule has 0 saturated carbocycles. The molecule has 20 heavy (non-hydrogen) atoms. The van der Waals surface area contributed by atoms with E-state index in [1.54, 1.807) is 12.1 Å². The molecule has 0 amide bonds. The van der Waals surface area contributed by atoms with E-state index in [0.717, 1.165) is 0 Å². The summed E-state index contributed by atoms with van der Waals surface area (Å²) in [6, 6.07) is 4.73. The first kappa shape index (κ1) is 15.0. The quantitative estimate of drug-likeness (QED) is 0.846. The van der Waals surface area contributed by atoms with Gasteiger partial charge in [0.15, 0.2) is 15.6 Å². The molecule has 1 saturated heterocycles. The van der Waals surface area contributed by atoms with Crippen molar-refractivity contribution in [3.63, 3.8) is 0 Å². The number of benzene rings is 1. The first-order valence-corrected chi connectivity index (χ1v) is 8.34. The van der Waals surface area contributed by atoms with Crippen molar-refractivity contribution >= 4 is 15.6 Å². The van der Waals surface area contributed by atoms with E-state index < -0.39 is 9.84 Å². The van der Waals surface area contributed by atoms with Crippen molar-refractivity contribution in [3.8, 4) is 5.75 Å². The van der Waals surface area contributed by atoms with Gasteiger partial charge in [-0.15, -0.1) is 0 Å². The zero-order valence-electron chi connectivity index (χ0n) is 11.7. The van der Waals surface area contributed by atoms with Crippen molar-refractivity contribution < 1.29 is 18.3 Å². The summed E-state index contributed by atoms with van der Waals surface area (Å²) in [6.45, 7) is 1.90. The van der Waals surface area contributed by atoms with Crippen LogP contribution in [0.5, 0.6) is 5.75 Å². The number of rotatable bonds is 4. The van der Waals surface area contributed by atoms with Gasteiger partial charge in [-0.1, -0.05) is 0 Å². The fraction of sp³-hybridized carbons (Fsp3) is 0.500. The normalized spacial score (nSPS) is 21.2. The summed E-state index contributed by atoms with van der Waals surface area (Å²) >= 11 is 0. The number of aromatic hydroxyl groups is 1. The smallest absolute Gasteiger partial charge is 0.159 e. The number of carbonyl (C=O) groups excluding carboxylic acids is 1. The molecule has 2 rings (SSSR count). The Kier molecular flexibility index (Phi) is 4.15. The molecule has 0 aromatic heterocycles. The fourth-order valence-electron chi connectivity index (χ4n) is 2.45. The molecule has 1 aliphatic heterocycles. The molecule has 0 aliphatic carbocycles. The summed E-state index contributed by atoms with van der Waals surface area (Å²) in [5.41, 5.74) is 1.19. The Balaban J connectivity index is 2.13. The lowest BCUT2D eigenvalue weighted by molar-refractivity contribution is 0.101.